The molecule has 0 atom stereocenters. The van der Waals surface area contributed by atoms with Crippen molar-refractivity contribution in [2.45, 2.75) is 26.2 Å². The molecule has 0 aliphatic heterocycles. The molecule has 0 bridgehead atoms. The Bertz CT molecular complexity index is 479. The summed E-state index contributed by atoms with van der Waals surface area (Å²) in [6, 6.07) is 10.2. The van der Waals surface area contributed by atoms with Crippen LogP contribution < -0.4 is 4.74 Å². The molecule has 84 valence electrons. The van der Waals surface area contributed by atoms with Crippen molar-refractivity contribution in [3.8, 4) is 5.75 Å². The third-order valence-corrected chi connectivity index (χ3v) is 2.74. The highest BCUT2D eigenvalue weighted by molar-refractivity contribution is 5.80. The normalized spacial score (nSPS) is 10.6. The summed E-state index contributed by atoms with van der Waals surface area (Å²) in [5, 5.41) is 1.14. The van der Waals surface area contributed by atoms with Gasteiger partial charge in [-0.05, 0) is 37.1 Å². The van der Waals surface area contributed by atoms with E-state index in [0.29, 0.717) is 0 Å². The zero-order chi connectivity index (χ0) is 11.4. The lowest BCUT2D eigenvalue weighted by molar-refractivity contribution is 0.415. The van der Waals surface area contributed by atoms with Crippen LogP contribution in [0.4, 0.5) is 0 Å². The number of methoxy groups -OCH3 is 1. The van der Waals surface area contributed by atoms with Crippen molar-refractivity contribution in [2.24, 2.45) is 0 Å². The summed E-state index contributed by atoms with van der Waals surface area (Å²) in [5.74, 6) is 0.885. The Balaban J connectivity index is 2.32. The zero-order valence-electron chi connectivity index (χ0n) is 9.86. The number of benzene rings is 1. The van der Waals surface area contributed by atoms with E-state index < -0.39 is 0 Å². The van der Waals surface area contributed by atoms with Gasteiger partial charge in [0, 0.05) is 11.1 Å². The van der Waals surface area contributed by atoms with Crippen molar-refractivity contribution >= 4 is 10.9 Å². The molecule has 2 heteroatoms. The van der Waals surface area contributed by atoms with Crippen LogP contribution in [-0.4, -0.2) is 12.1 Å². The van der Waals surface area contributed by atoms with Crippen LogP contribution in [0.5, 0.6) is 5.75 Å². The molecule has 2 nitrogen and oxygen atoms in total. The number of nitrogens with zero attached hydrogens (tertiary/aromatic N) is 1. The number of hydrogen-bond donors (Lipinski definition) is 0. The van der Waals surface area contributed by atoms with Crippen molar-refractivity contribution in [1.82, 2.24) is 4.98 Å². The number of ether oxygens (including phenoxy) is 1. The molecule has 0 fully saturated rings. The molecule has 0 spiro atoms. The average Bonchev–Trinajstić information content (AvgIpc) is 2.35. The largest absolute Gasteiger partial charge is 0.497 e. The first-order valence-corrected chi connectivity index (χ1v) is 5.77. The van der Waals surface area contributed by atoms with E-state index in [0.717, 1.165) is 23.1 Å². The van der Waals surface area contributed by atoms with Gasteiger partial charge in [-0.2, -0.15) is 0 Å². The predicted molar refractivity (Wildman–Crippen MR) is 66.9 cm³/mol. The number of aryl methyl sites for hydroxylation is 1. The fourth-order valence-corrected chi connectivity index (χ4v) is 1.77. The fraction of sp³-hybridized carbons (Fsp3) is 0.357. The molecule has 16 heavy (non-hydrogen) atoms. The van der Waals surface area contributed by atoms with Crippen molar-refractivity contribution in [2.75, 3.05) is 7.11 Å². The van der Waals surface area contributed by atoms with Gasteiger partial charge in [0.25, 0.3) is 0 Å². The van der Waals surface area contributed by atoms with Crippen molar-refractivity contribution in [3.05, 3.63) is 36.0 Å². The maximum atomic E-state index is 5.19. The van der Waals surface area contributed by atoms with E-state index in [1.807, 2.05) is 18.2 Å². The Morgan fingerprint density at radius 3 is 2.81 bits per heavy atom. The van der Waals surface area contributed by atoms with Gasteiger partial charge in [-0.25, -0.2) is 0 Å². The lowest BCUT2D eigenvalue weighted by Crippen LogP contribution is -1.91. The quantitative estimate of drug-likeness (QED) is 0.777. The van der Waals surface area contributed by atoms with Gasteiger partial charge in [-0.15, -0.1) is 0 Å². The first-order chi connectivity index (χ1) is 7.83. The van der Waals surface area contributed by atoms with Gasteiger partial charge in [-0.1, -0.05) is 19.4 Å². The van der Waals surface area contributed by atoms with Crippen LogP contribution in [0.2, 0.25) is 0 Å². The highest BCUT2D eigenvalue weighted by Crippen LogP contribution is 2.19. The van der Waals surface area contributed by atoms with Gasteiger partial charge in [-0.3, -0.25) is 4.98 Å². The minimum absolute atomic E-state index is 0.885. The molecule has 2 aromatic rings. The van der Waals surface area contributed by atoms with E-state index in [1.54, 1.807) is 7.11 Å². The summed E-state index contributed by atoms with van der Waals surface area (Å²) in [6.45, 7) is 2.20. The maximum absolute atomic E-state index is 5.19. The molecule has 1 heterocycles. The van der Waals surface area contributed by atoms with Gasteiger partial charge >= 0.3 is 0 Å². The maximum Gasteiger partial charge on any atom is 0.119 e. The Kier molecular flexibility index (Phi) is 3.40. The van der Waals surface area contributed by atoms with E-state index in [9.17, 15) is 0 Å². The van der Waals surface area contributed by atoms with Gasteiger partial charge < -0.3 is 4.74 Å². The number of hydrogen-bond acceptors (Lipinski definition) is 2. The minimum atomic E-state index is 0.885. The van der Waals surface area contributed by atoms with Gasteiger partial charge in [0.15, 0.2) is 0 Å². The fourth-order valence-electron chi connectivity index (χ4n) is 1.77. The zero-order valence-corrected chi connectivity index (χ0v) is 9.86. The van der Waals surface area contributed by atoms with Gasteiger partial charge in [0.05, 0.1) is 12.6 Å². The second-order valence-corrected chi connectivity index (χ2v) is 3.96. The van der Waals surface area contributed by atoms with Crippen molar-refractivity contribution in [1.29, 1.82) is 0 Å². The molecule has 0 aliphatic carbocycles. The molecule has 0 saturated heterocycles. The first-order valence-electron chi connectivity index (χ1n) is 5.77. The molecule has 0 radical (unpaired) electrons. The molecular weight excluding hydrogens is 198 g/mol. The first kappa shape index (κ1) is 10.9. The van der Waals surface area contributed by atoms with Crippen LogP contribution in [0, 0.1) is 0 Å². The summed E-state index contributed by atoms with van der Waals surface area (Å²) in [5.41, 5.74) is 2.23. The molecule has 0 N–H and O–H groups in total. The van der Waals surface area contributed by atoms with Gasteiger partial charge in [0.1, 0.15) is 5.75 Å². The Labute approximate surface area is 96.3 Å². The molecule has 2 rings (SSSR count). The van der Waals surface area contributed by atoms with Crippen molar-refractivity contribution in [3.63, 3.8) is 0 Å². The lowest BCUT2D eigenvalue weighted by Gasteiger charge is -2.04. The molecule has 0 unspecified atom stereocenters. The summed E-state index contributed by atoms with van der Waals surface area (Å²) < 4.78 is 5.19. The highest BCUT2D eigenvalue weighted by Gasteiger charge is 1.99. The van der Waals surface area contributed by atoms with Crippen LogP contribution in [0.1, 0.15) is 25.5 Å². The van der Waals surface area contributed by atoms with E-state index in [1.165, 1.54) is 18.5 Å². The average molecular weight is 215 g/mol. The van der Waals surface area contributed by atoms with Gasteiger partial charge in [0.2, 0.25) is 0 Å². The predicted octanol–water partition coefficient (Wildman–Crippen LogP) is 3.59. The van der Waals surface area contributed by atoms with E-state index in [2.05, 4.69) is 24.0 Å². The Morgan fingerprint density at radius 1 is 1.19 bits per heavy atom. The Hall–Kier alpha value is -1.57. The number of pyridine rings is 1. The number of fused-ring (bicyclic) bond motifs is 1. The molecule has 0 aliphatic rings. The molecule has 0 saturated carbocycles. The van der Waals surface area contributed by atoms with Crippen LogP contribution in [-0.2, 0) is 6.42 Å². The summed E-state index contributed by atoms with van der Waals surface area (Å²) >= 11 is 0. The van der Waals surface area contributed by atoms with E-state index >= 15 is 0 Å². The van der Waals surface area contributed by atoms with Crippen LogP contribution in [0.15, 0.2) is 30.3 Å². The summed E-state index contributed by atoms with van der Waals surface area (Å²) in [4.78, 5) is 4.63. The lowest BCUT2D eigenvalue weighted by atomic mass is 10.1. The topological polar surface area (TPSA) is 22.1 Å². The van der Waals surface area contributed by atoms with Crippen LogP contribution in [0.3, 0.4) is 0 Å². The Morgan fingerprint density at radius 2 is 2.06 bits per heavy atom. The molecule has 1 aromatic carbocycles. The third kappa shape index (κ3) is 2.32. The number of unbranched alkanes of at least 4 members (excludes halogenated alkanes) is 1. The van der Waals surface area contributed by atoms with Crippen LogP contribution in [0.25, 0.3) is 10.9 Å². The molecule has 1 aromatic heterocycles. The number of aromatic nitrogens is 1. The van der Waals surface area contributed by atoms with E-state index in [4.69, 9.17) is 4.74 Å². The van der Waals surface area contributed by atoms with Crippen LogP contribution >= 0.6 is 0 Å². The highest BCUT2D eigenvalue weighted by atomic mass is 16.5. The number of rotatable bonds is 4. The monoisotopic (exact) mass is 215 g/mol. The molecular formula is C14H17NO. The summed E-state index contributed by atoms with van der Waals surface area (Å²) in [7, 11) is 1.68. The van der Waals surface area contributed by atoms with Crippen molar-refractivity contribution < 1.29 is 4.74 Å². The third-order valence-electron chi connectivity index (χ3n) is 2.74. The standard InChI is InChI=1S/C14H17NO/c1-3-4-5-12-7-6-11-10-13(16-2)8-9-14(11)15-12/h6-10H,3-5H2,1-2H3. The second kappa shape index (κ2) is 4.97. The van der Waals surface area contributed by atoms with E-state index in [-0.39, 0.29) is 0 Å². The second-order valence-electron chi connectivity index (χ2n) is 3.96. The smallest absolute Gasteiger partial charge is 0.119 e. The SMILES string of the molecule is CCCCc1ccc2cc(OC)ccc2n1. The molecule has 0 amide bonds. The summed E-state index contributed by atoms with van der Waals surface area (Å²) in [6.07, 6.45) is 3.48. The minimum Gasteiger partial charge on any atom is -0.497 e.